The number of hydrogen-bond donors (Lipinski definition) is 1. The third kappa shape index (κ3) is 4.56. The van der Waals surface area contributed by atoms with Gasteiger partial charge in [0.05, 0.1) is 17.1 Å². The van der Waals surface area contributed by atoms with Crippen LogP contribution in [0.5, 0.6) is 5.75 Å². The summed E-state index contributed by atoms with van der Waals surface area (Å²) in [5.41, 5.74) is 1.58. The van der Waals surface area contributed by atoms with Crippen LogP contribution >= 0.6 is 11.8 Å². The molecule has 3 rings (SSSR count). The molecular weight excluding hydrogens is 378 g/mol. The summed E-state index contributed by atoms with van der Waals surface area (Å²) in [6, 6.07) is 8.93. The lowest BCUT2D eigenvalue weighted by Gasteiger charge is -2.18. The molecule has 0 aliphatic heterocycles. The number of para-hydroxylation sites is 2. The molecule has 1 aromatic carbocycles. The maximum atomic E-state index is 12.5. The smallest absolute Gasteiger partial charge is 0.258 e. The molecule has 0 unspecified atom stereocenters. The number of carbonyl (C=O) groups excluding carboxylic acids is 1. The highest BCUT2D eigenvalue weighted by molar-refractivity contribution is 7.98. The molecule has 0 fully saturated rings. The Balaban J connectivity index is 1.73. The van der Waals surface area contributed by atoms with Gasteiger partial charge in [0.25, 0.3) is 5.91 Å². The fraction of sp³-hybridized carbons (Fsp3) is 0.350. The van der Waals surface area contributed by atoms with Gasteiger partial charge in [-0.2, -0.15) is 11.8 Å². The van der Waals surface area contributed by atoms with Gasteiger partial charge in [0, 0.05) is 13.1 Å². The summed E-state index contributed by atoms with van der Waals surface area (Å²) >= 11 is 1.70. The third-order valence-electron chi connectivity index (χ3n) is 4.37. The van der Waals surface area contributed by atoms with Gasteiger partial charge >= 0.3 is 0 Å². The first-order valence-electron chi connectivity index (χ1n) is 8.91. The molecule has 1 amide bonds. The van der Waals surface area contributed by atoms with Crippen molar-refractivity contribution in [1.29, 1.82) is 0 Å². The average Bonchev–Trinajstić information content (AvgIpc) is 3.01. The second-order valence-corrected chi connectivity index (χ2v) is 7.41. The van der Waals surface area contributed by atoms with Crippen molar-refractivity contribution in [2.75, 3.05) is 18.6 Å². The average molecular weight is 401 g/mol. The molecule has 0 radical (unpaired) electrons. The van der Waals surface area contributed by atoms with Crippen LogP contribution in [0.4, 0.5) is 0 Å². The minimum Gasteiger partial charge on any atom is -0.477 e. The molecule has 0 saturated carbocycles. The van der Waals surface area contributed by atoms with Crippen molar-refractivity contribution in [2.45, 2.75) is 19.4 Å². The summed E-state index contributed by atoms with van der Waals surface area (Å²) in [6.45, 7) is 1.40. The van der Waals surface area contributed by atoms with E-state index < -0.39 is 0 Å². The normalized spacial score (nSPS) is 12.1. The summed E-state index contributed by atoms with van der Waals surface area (Å²) in [4.78, 5) is 29.0. The van der Waals surface area contributed by atoms with Gasteiger partial charge in [0.1, 0.15) is 17.8 Å². The SMILES string of the molecule is CSCC[C@H](NC(=O)COc1coc(C)cc1=O)c1nc2ccccc2n1C. The van der Waals surface area contributed by atoms with Crippen LogP contribution in [0.1, 0.15) is 24.0 Å². The molecule has 28 heavy (non-hydrogen) atoms. The number of nitrogens with one attached hydrogen (secondary N) is 1. The van der Waals surface area contributed by atoms with E-state index in [4.69, 9.17) is 14.1 Å². The number of benzene rings is 1. The van der Waals surface area contributed by atoms with Crippen LogP contribution in [0.15, 0.2) is 45.8 Å². The second kappa shape index (κ2) is 8.97. The van der Waals surface area contributed by atoms with E-state index in [1.807, 2.05) is 42.1 Å². The van der Waals surface area contributed by atoms with Gasteiger partial charge in [0.2, 0.25) is 11.2 Å². The van der Waals surface area contributed by atoms with Gasteiger partial charge in [-0.15, -0.1) is 0 Å². The van der Waals surface area contributed by atoms with Crippen LogP contribution in [-0.2, 0) is 11.8 Å². The summed E-state index contributed by atoms with van der Waals surface area (Å²) in [7, 11) is 1.94. The topological polar surface area (TPSA) is 86.4 Å². The maximum Gasteiger partial charge on any atom is 0.258 e. The molecule has 0 aliphatic rings. The second-order valence-electron chi connectivity index (χ2n) is 6.43. The quantitative estimate of drug-likeness (QED) is 0.625. The van der Waals surface area contributed by atoms with Crippen LogP contribution in [0.3, 0.4) is 0 Å². The van der Waals surface area contributed by atoms with E-state index in [0.29, 0.717) is 5.76 Å². The first-order valence-corrected chi connectivity index (χ1v) is 10.3. The Morgan fingerprint density at radius 3 is 2.89 bits per heavy atom. The van der Waals surface area contributed by atoms with E-state index in [1.54, 1.807) is 18.7 Å². The van der Waals surface area contributed by atoms with E-state index in [2.05, 4.69) is 5.32 Å². The minimum atomic E-state index is -0.321. The van der Waals surface area contributed by atoms with E-state index >= 15 is 0 Å². The Morgan fingerprint density at radius 2 is 2.18 bits per heavy atom. The molecule has 0 aliphatic carbocycles. The van der Waals surface area contributed by atoms with Crippen LogP contribution in [0.2, 0.25) is 0 Å². The van der Waals surface area contributed by atoms with Crippen LogP contribution in [0, 0.1) is 6.92 Å². The third-order valence-corrected chi connectivity index (χ3v) is 5.01. The van der Waals surface area contributed by atoms with Gasteiger partial charge in [-0.25, -0.2) is 4.98 Å². The lowest BCUT2D eigenvalue weighted by Crippen LogP contribution is -2.34. The van der Waals surface area contributed by atoms with Crippen molar-refractivity contribution in [2.24, 2.45) is 7.05 Å². The Hall–Kier alpha value is -2.74. The monoisotopic (exact) mass is 401 g/mol. The maximum absolute atomic E-state index is 12.5. The van der Waals surface area contributed by atoms with Gasteiger partial charge < -0.3 is 19.0 Å². The minimum absolute atomic E-state index is 0.0177. The van der Waals surface area contributed by atoms with Crippen LogP contribution in [0.25, 0.3) is 11.0 Å². The van der Waals surface area contributed by atoms with E-state index in [0.717, 1.165) is 29.0 Å². The lowest BCUT2D eigenvalue weighted by atomic mass is 10.2. The Bertz CT molecular complexity index is 1030. The Morgan fingerprint density at radius 1 is 1.39 bits per heavy atom. The number of carbonyl (C=O) groups is 1. The summed E-state index contributed by atoms with van der Waals surface area (Å²) in [6.07, 6.45) is 3.98. The molecule has 0 saturated heterocycles. The van der Waals surface area contributed by atoms with E-state index in [-0.39, 0.29) is 29.7 Å². The number of fused-ring (bicyclic) bond motifs is 1. The Kier molecular flexibility index (Phi) is 6.41. The van der Waals surface area contributed by atoms with E-state index in [1.165, 1.54) is 12.3 Å². The van der Waals surface area contributed by atoms with Gasteiger partial charge in [-0.05, 0) is 37.5 Å². The van der Waals surface area contributed by atoms with Crippen molar-refractivity contribution >= 4 is 28.7 Å². The highest BCUT2D eigenvalue weighted by atomic mass is 32.2. The highest BCUT2D eigenvalue weighted by Crippen LogP contribution is 2.22. The summed E-state index contributed by atoms with van der Waals surface area (Å²) in [5.74, 6) is 1.85. The standard InChI is InChI=1S/C20H23N3O4S/c1-13-10-17(24)18(11-26-13)27-12-19(25)21-15(8-9-28-3)20-22-14-6-4-5-7-16(14)23(20)2/h4-7,10-11,15H,8-9,12H2,1-3H3,(H,21,25)/t15-/m0/s1. The van der Waals surface area contributed by atoms with Crippen molar-refractivity contribution in [1.82, 2.24) is 14.9 Å². The number of hydrogen-bond acceptors (Lipinski definition) is 6. The molecule has 3 aromatic rings. The molecule has 1 N–H and O–H groups in total. The molecular formula is C20H23N3O4S. The number of aryl methyl sites for hydroxylation is 2. The van der Waals surface area contributed by atoms with Crippen molar-refractivity contribution in [3.63, 3.8) is 0 Å². The van der Waals surface area contributed by atoms with Gasteiger partial charge in [-0.1, -0.05) is 12.1 Å². The first kappa shape index (κ1) is 20.0. The summed E-state index contributed by atoms with van der Waals surface area (Å²) < 4.78 is 12.5. The molecule has 0 bridgehead atoms. The van der Waals surface area contributed by atoms with Gasteiger partial charge in [-0.3, -0.25) is 9.59 Å². The van der Waals surface area contributed by atoms with Crippen LogP contribution in [-0.4, -0.2) is 34.1 Å². The molecule has 0 spiro atoms. The number of imidazole rings is 1. The summed E-state index contributed by atoms with van der Waals surface area (Å²) in [5, 5.41) is 2.98. The zero-order chi connectivity index (χ0) is 20.1. The molecule has 2 heterocycles. The zero-order valence-corrected chi connectivity index (χ0v) is 16.9. The zero-order valence-electron chi connectivity index (χ0n) is 16.1. The fourth-order valence-corrected chi connectivity index (χ4v) is 3.43. The van der Waals surface area contributed by atoms with Crippen LogP contribution < -0.4 is 15.5 Å². The predicted octanol–water partition coefficient (Wildman–Crippen LogP) is 2.82. The number of aromatic nitrogens is 2. The highest BCUT2D eigenvalue weighted by Gasteiger charge is 2.21. The molecule has 2 aromatic heterocycles. The lowest BCUT2D eigenvalue weighted by molar-refractivity contribution is -0.124. The number of rotatable bonds is 8. The predicted molar refractivity (Wildman–Crippen MR) is 110 cm³/mol. The molecule has 1 atom stereocenters. The van der Waals surface area contributed by atoms with Gasteiger partial charge in [0.15, 0.2) is 6.61 Å². The number of amides is 1. The Labute approximate surface area is 167 Å². The van der Waals surface area contributed by atoms with Crippen molar-refractivity contribution in [3.8, 4) is 5.75 Å². The molecule has 7 nitrogen and oxygen atoms in total. The molecule has 148 valence electrons. The fourth-order valence-electron chi connectivity index (χ4n) is 2.96. The largest absolute Gasteiger partial charge is 0.477 e. The number of nitrogens with zero attached hydrogens (tertiary/aromatic N) is 2. The van der Waals surface area contributed by atoms with E-state index in [9.17, 15) is 9.59 Å². The van der Waals surface area contributed by atoms with Crippen molar-refractivity contribution in [3.05, 3.63) is 58.4 Å². The van der Waals surface area contributed by atoms with Crippen molar-refractivity contribution < 1.29 is 13.9 Å². The number of thioether (sulfide) groups is 1. The first-order chi connectivity index (χ1) is 13.5. The number of ether oxygens (including phenoxy) is 1. The molecule has 8 heteroatoms.